The van der Waals surface area contributed by atoms with Crippen LogP contribution < -0.4 is 5.32 Å². The average Bonchev–Trinajstić information content (AvgIpc) is 3.71. The summed E-state index contributed by atoms with van der Waals surface area (Å²) in [5.74, 6) is -0.304. The number of rotatable bonds is 9. The molecule has 1 heterocycles. The van der Waals surface area contributed by atoms with Crippen LogP contribution in [0.3, 0.4) is 0 Å². The summed E-state index contributed by atoms with van der Waals surface area (Å²) in [7, 11) is 1.78. The van der Waals surface area contributed by atoms with Crippen molar-refractivity contribution in [2.24, 2.45) is 5.92 Å². The first kappa shape index (κ1) is 30.3. The van der Waals surface area contributed by atoms with Crippen LogP contribution in [-0.2, 0) is 27.1 Å². The quantitative estimate of drug-likeness (QED) is 0.274. The summed E-state index contributed by atoms with van der Waals surface area (Å²) in [4.78, 5) is 30.1. The molecular weight excluding hydrogens is 572 g/mol. The van der Waals surface area contributed by atoms with Crippen LogP contribution in [0.2, 0.25) is 10.0 Å². The fraction of sp³-hybridized carbons (Fsp3) is 0.353. The molecule has 220 valence electrons. The van der Waals surface area contributed by atoms with E-state index in [4.69, 9.17) is 23.2 Å². The van der Waals surface area contributed by atoms with Gasteiger partial charge in [-0.25, -0.2) is 4.39 Å². The summed E-state index contributed by atoms with van der Waals surface area (Å²) in [6.07, 6.45) is 6.64. The molecule has 1 N–H and O–H groups in total. The number of allylic oxidation sites excluding steroid dienone is 1. The van der Waals surface area contributed by atoms with Crippen LogP contribution in [0.1, 0.15) is 42.9 Å². The highest BCUT2D eigenvalue weighted by molar-refractivity contribution is 6.42. The van der Waals surface area contributed by atoms with Gasteiger partial charge in [-0.3, -0.25) is 14.5 Å². The lowest BCUT2D eigenvalue weighted by Crippen LogP contribution is -2.52. The standard InChI is InChI=1S/C34H36Cl2FN3O2/c1-24(41)38-33(26-7-4-3-5-8-26)16-19-40(20-17-33)18-6-9-28-22-34(28,27-12-15-30(35)31(36)21-27)32(42)39(2)23-25-10-13-29(37)14-11-25/h3-15,21,28H,16-20,22-23H2,1-2H3,(H,38,41)/t28-,34-/m1/s1. The Morgan fingerprint density at radius 3 is 2.33 bits per heavy atom. The number of piperidine rings is 1. The summed E-state index contributed by atoms with van der Waals surface area (Å²) >= 11 is 12.6. The number of halogens is 3. The molecule has 3 aromatic carbocycles. The van der Waals surface area contributed by atoms with E-state index in [-0.39, 0.29) is 29.1 Å². The molecule has 2 amide bonds. The van der Waals surface area contributed by atoms with Crippen molar-refractivity contribution in [2.45, 2.75) is 43.7 Å². The van der Waals surface area contributed by atoms with Gasteiger partial charge < -0.3 is 10.2 Å². The SMILES string of the molecule is CC(=O)NC1(c2ccccc2)CCN(CC=C[C@@H]2C[C@@]2(C(=O)N(C)Cc2ccc(F)cc2)c2ccc(Cl)c(Cl)c2)CC1. The Morgan fingerprint density at radius 1 is 1.00 bits per heavy atom. The fourth-order valence-electron chi connectivity index (χ4n) is 6.34. The molecule has 8 heteroatoms. The van der Waals surface area contributed by atoms with E-state index < -0.39 is 5.41 Å². The smallest absolute Gasteiger partial charge is 0.233 e. The summed E-state index contributed by atoms with van der Waals surface area (Å²) in [5.41, 5.74) is 1.77. The lowest BCUT2D eigenvalue weighted by Gasteiger charge is -2.42. The number of hydrogen-bond acceptors (Lipinski definition) is 3. The number of likely N-dealkylation sites (N-methyl/N-ethyl adjacent to an activating group) is 1. The predicted molar refractivity (Wildman–Crippen MR) is 166 cm³/mol. The van der Waals surface area contributed by atoms with E-state index in [1.807, 2.05) is 24.3 Å². The molecule has 1 saturated carbocycles. The lowest BCUT2D eigenvalue weighted by molar-refractivity contribution is -0.133. The summed E-state index contributed by atoms with van der Waals surface area (Å²) in [5, 5.41) is 4.11. The minimum atomic E-state index is -0.727. The second-order valence-corrected chi connectivity index (χ2v) is 12.4. The molecule has 2 fully saturated rings. The van der Waals surface area contributed by atoms with Gasteiger partial charge in [0.2, 0.25) is 11.8 Å². The molecule has 0 aromatic heterocycles. The molecule has 0 bridgehead atoms. The first-order chi connectivity index (χ1) is 20.1. The molecule has 1 aliphatic heterocycles. The molecule has 2 aliphatic rings. The van der Waals surface area contributed by atoms with Crippen molar-refractivity contribution >= 4 is 35.0 Å². The third kappa shape index (κ3) is 6.41. The Kier molecular flexibility index (Phi) is 9.07. The zero-order valence-corrected chi connectivity index (χ0v) is 25.5. The van der Waals surface area contributed by atoms with Crippen molar-refractivity contribution in [2.75, 3.05) is 26.7 Å². The largest absolute Gasteiger partial charge is 0.347 e. The van der Waals surface area contributed by atoms with Gasteiger partial charge in [-0.1, -0.05) is 83.9 Å². The van der Waals surface area contributed by atoms with Crippen LogP contribution in [0.25, 0.3) is 0 Å². The first-order valence-electron chi connectivity index (χ1n) is 14.3. The molecule has 42 heavy (non-hydrogen) atoms. The monoisotopic (exact) mass is 607 g/mol. The van der Waals surface area contributed by atoms with Crippen molar-refractivity contribution in [3.63, 3.8) is 0 Å². The molecule has 1 aliphatic carbocycles. The van der Waals surface area contributed by atoms with E-state index in [9.17, 15) is 14.0 Å². The first-order valence-corrected chi connectivity index (χ1v) is 15.1. The Bertz CT molecular complexity index is 1460. The molecule has 5 rings (SSSR count). The fourth-order valence-corrected chi connectivity index (χ4v) is 6.64. The van der Waals surface area contributed by atoms with Gasteiger partial charge in [0.25, 0.3) is 0 Å². The maximum Gasteiger partial charge on any atom is 0.233 e. The third-order valence-corrected chi connectivity index (χ3v) is 9.43. The minimum absolute atomic E-state index is 0.000730. The Morgan fingerprint density at radius 2 is 1.69 bits per heavy atom. The van der Waals surface area contributed by atoms with E-state index in [0.717, 1.165) is 49.2 Å². The van der Waals surface area contributed by atoms with Crippen molar-refractivity contribution in [1.82, 2.24) is 15.1 Å². The lowest BCUT2D eigenvalue weighted by atomic mass is 9.80. The van der Waals surface area contributed by atoms with Crippen molar-refractivity contribution in [1.29, 1.82) is 0 Å². The third-order valence-electron chi connectivity index (χ3n) is 8.69. The number of amides is 2. The van der Waals surface area contributed by atoms with E-state index in [0.29, 0.717) is 23.0 Å². The van der Waals surface area contributed by atoms with Crippen LogP contribution in [0.4, 0.5) is 4.39 Å². The van der Waals surface area contributed by atoms with Crippen molar-refractivity contribution < 1.29 is 14.0 Å². The topological polar surface area (TPSA) is 52.7 Å². The second kappa shape index (κ2) is 12.6. The van der Waals surface area contributed by atoms with E-state index in [1.54, 1.807) is 43.1 Å². The number of nitrogens with zero attached hydrogens (tertiary/aromatic N) is 2. The van der Waals surface area contributed by atoms with Crippen LogP contribution >= 0.6 is 23.2 Å². The Hall–Kier alpha value is -3.19. The maximum absolute atomic E-state index is 14.0. The van der Waals surface area contributed by atoms with Crippen LogP contribution in [0, 0.1) is 11.7 Å². The van der Waals surface area contributed by atoms with Gasteiger partial charge in [0, 0.05) is 40.2 Å². The molecule has 1 saturated heterocycles. The molecule has 2 atom stereocenters. The second-order valence-electron chi connectivity index (χ2n) is 11.6. The normalized spacial score (nSPS) is 21.7. The highest BCUT2D eigenvalue weighted by atomic mass is 35.5. The van der Waals surface area contributed by atoms with Gasteiger partial charge in [0.15, 0.2) is 0 Å². The van der Waals surface area contributed by atoms with E-state index in [1.165, 1.54) is 12.1 Å². The molecule has 0 radical (unpaired) electrons. The number of benzene rings is 3. The summed E-state index contributed by atoms with van der Waals surface area (Å²) in [6, 6.07) is 21.9. The number of nitrogens with one attached hydrogen (secondary N) is 1. The molecule has 5 nitrogen and oxygen atoms in total. The molecular formula is C34H36Cl2FN3O2. The number of carbonyl (C=O) groups excluding carboxylic acids is 2. The van der Waals surface area contributed by atoms with Crippen LogP contribution in [-0.4, -0.2) is 48.3 Å². The highest BCUT2D eigenvalue weighted by Gasteiger charge is 2.60. The summed E-state index contributed by atoms with van der Waals surface area (Å²) < 4.78 is 13.4. The van der Waals surface area contributed by atoms with Crippen molar-refractivity contribution in [3.05, 3.63) is 118 Å². The molecule has 3 aromatic rings. The average molecular weight is 609 g/mol. The zero-order valence-electron chi connectivity index (χ0n) is 24.0. The van der Waals surface area contributed by atoms with Gasteiger partial charge in [-0.2, -0.15) is 0 Å². The number of carbonyl (C=O) groups is 2. The van der Waals surface area contributed by atoms with Crippen LogP contribution in [0.5, 0.6) is 0 Å². The Balaban J connectivity index is 1.27. The predicted octanol–water partition coefficient (Wildman–Crippen LogP) is 6.73. The van der Waals surface area contributed by atoms with Gasteiger partial charge >= 0.3 is 0 Å². The van der Waals surface area contributed by atoms with Gasteiger partial charge in [0.1, 0.15) is 5.82 Å². The molecule has 0 unspecified atom stereocenters. The minimum Gasteiger partial charge on any atom is -0.347 e. The Labute approximate surface area is 257 Å². The number of likely N-dealkylation sites (tertiary alicyclic amines) is 1. The number of hydrogen-bond donors (Lipinski definition) is 1. The maximum atomic E-state index is 14.0. The highest BCUT2D eigenvalue weighted by Crippen LogP contribution is 2.57. The van der Waals surface area contributed by atoms with Gasteiger partial charge in [-0.05, 0) is 66.1 Å². The zero-order chi connectivity index (χ0) is 29.9. The summed E-state index contributed by atoms with van der Waals surface area (Å²) in [6.45, 7) is 4.42. The van der Waals surface area contributed by atoms with E-state index >= 15 is 0 Å². The van der Waals surface area contributed by atoms with Crippen LogP contribution in [0.15, 0.2) is 84.9 Å². The van der Waals surface area contributed by atoms with E-state index in [2.05, 4.69) is 34.5 Å². The van der Waals surface area contributed by atoms with Gasteiger partial charge in [-0.15, -0.1) is 0 Å². The van der Waals surface area contributed by atoms with Gasteiger partial charge in [0.05, 0.1) is 21.0 Å². The molecule has 0 spiro atoms. The van der Waals surface area contributed by atoms with Crippen molar-refractivity contribution in [3.8, 4) is 0 Å².